The highest BCUT2D eigenvalue weighted by Crippen LogP contribution is 2.49. The van der Waals surface area contributed by atoms with Crippen LogP contribution < -0.4 is 5.32 Å². The fourth-order valence-electron chi connectivity index (χ4n) is 5.86. The predicted octanol–water partition coefficient (Wildman–Crippen LogP) is 2.80. The third-order valence-electron chi connectivity index (χ3n) is 7.72. The van der Waals surface area contributed by atoms with Gasteiger partial charge >= 0.3 is 0 Å². The van der Waals surface area contributed by atoms with Crippen LogP contribution >= 0.6 is 0 Å². The quantitative estimate of drug-likeness (QED) is 0.796. The minimum Gasteiger partial charge on any atom is -0.383 e. The first kappa shape index (κ1) is 20.6. The summed E-state index contributed by atoms with van der Waals surface area (Å²) in [7, 11) is 0. The number of aliphatic hydroxyl groups is 1. The van der Waals surface area contributed by atoms with Crippen molar-refractivity contribution in [1.82, 2.24) is 10.2 Å². The molecule has 3 aliphatic rings. The van der Waals surface area contributed by atoms with Gasteiger partial charge in [0.25, 0.3) is 0 Å². The second-order valence-corrected chi connectivity index (χ2v) is 9.14. The highest BCUT2D eigenvalue weighted by Gasteiger charge is 2.54. The summed E-state index contributed by atoms with van der Waals surface area (Å²) in [5.41, 5.74) is 0.494. The van der Waals surface area contributed by atoms with Crippen LogP contribution in [-0.2, 0) is 15.1 Å². The number of likely N-dealkylation sites (tertiary alicyclic amines) is 1. The number of benzene rings is 2. The molecular formula is C25H29FN2O3. The van der Waals surface area contributed by atoms with Crippen LogP contribution in [0.1, 0.15) is 36.3 Å². The van der Waals surface area contributed by atoms with Crippen LogP contribution in [0, 0.1) is 11.2 Å². The van der Waals surface area contributed by atoms with E-state index in [2.05, 4.69) is 10.2 Å². The molecule has 0 aromatic heterocycles. The molecule has 3 aliphatic heterocycles. The molecular weight excluding hydrogens is 395 g/mol. The standard InChI is InChI=1S/C25H29FN2O3/c26-20-8-6-18(7-9-20)21-16-27-23(29)24(21)10-13-28(14-11-24)22-17-31-15-12-25(22,30)19-4-2-1-3-5-19/h1-9,21-22,30H,10-17H2,(H,27,29)/t21-,22+,25+/m0/s1. The Hall–Kier alpha value is -2.28. The highest BCUT2D eigenvalue weighted by atomic mass is 19.1. The van der Waals surface area contributed by atoms with Crippen LogP contribution in [0.4, 0.5) is 4.39 Å². The number of nitrogens with one attached hydrogen (secondary N) is 1. The van der Waals surface area contributed by atoms with E-state index in [4.69, 9.17) is 4.74 Å². The van der Waals surface area contributed by atoms with Crippen molar-refractivity contribution in [3.8, 4) is 0 Å². The van der Waals surface area contributed by atoms with E-state index in [9.17, 15) is 14.3 Å². The largest absolute Gasteiger partial charge is 0.383 e. The Morgan fingerprint density at radius 2 is 1.74 bits per heavy atom. The van der Waals surface area contributed by atoms with Crippen molar-refractivity contribution >= 4 is 5.91 Å². The van der Waals surface area contributed by atoms with Crippen LogP contribution in [0.5, 0.6) is 0 Å². The highest BCUT2D eigenvalue weighted by molar-refractivity contribution is 5.86. The molecule has 2 N–H and O–H groups in total. The van der Waals surface area contributed by atoms with E-state index in [-0.39, 0.29) is 23.7 Å². The van der Waals surface area contributed by atoms with E-state index in [0.29, 0.717) is 52.1 Å². The molecule has 1 spiro atoms. The molecule has 6 heteroatoms. The second-order valence-electron chi connectivity index (χ2n) is 9.14. The average molecular weight is 425 g/mol. The maximum absolute atomic E-state index is 13.4. The molecule has 3 atom stereocenters. The molecule has 0 radical (unpaired) electrons. The SMILES string of the molecule is O=C1NC[C@@H](c2ccc(F)cc2)C12CCN([C@@H]1COCC[C@@]1(O)c1ccccc1)CC2. The number of hydrogen-bond donors (Lipinski definition) is 2. The molecule has 31 heavy (non-hydrogen) atoms. The molecule has 0 unspecified atom stereocenters. The molecule has 1 amide bonds. The van der Waals surface area contributed by atoms with Gasteiger partial charge in [0.15, 0.2) is 0 Å². The third kappa shape index (κ3) is 3.47. The van der Waals surface area contributed by atoms with E-state index in [1.165, 1.54) is 12.1 Å². The summed E-state index contributed by atoms with van der Waals surface area (Å²) < 4.78 is 19.2. The van der Waals surface area contributed by atoms with Crippen LogP contribution in [-0.4, -0.2) is 54.8 Å². The van der Waals surface area contributed by atoms with Gasteiger partial charge in [0, 0.05) is 25.5 Å². The fourth-order valence-corrected chi connectivity index (χ4v) is 5.86. The lowest BCUT2D eigenvalue weighted by Gasteiger charge is -2.50. The van der Waals surface area contributed by atoms with Gasteiger partial charge in [-0.25, -0.2) is 4.39 Å². The lowest BCUT2D eigenvalue weighted by molar-refractivity contribution is -0.148. The van der Waals surface area contributed by atoms with Crippen molar-refractivity contribution in [2.24, 2.45) is 5.41 Å². The molecule has 5 nitrogen and oxygen atoms in total. The number of halogens is 1. The maximum Gasteiger partial charge on any atom is 0.227 e. The molecule has 3 fully saturated rings. The van der Waals surface area contributed by atoms with Gasteiger partial charge in [0.1, 0.15) is 11.4 Å². The summed E-state index contributed by atoms with van der Waals surface area (Å²) in [6.45, 7) is 3.04. The summed E-state index contributed by atoms with van der Waals surface area (Å²) in [6.07, 6.45) is 1.98. The number of amides is 1. The van der Waals surface area contributed by atoms with Crippen molar-refractivity contribution < 1.29 is 19.0 Å². The van der Waals surface area contributed by atoms with Crippen LogP contribution in [0.2, 0.25) is 0 Å². The monoisotopic (exact) mass is 424 g/mol. The van der Waals surface area contributed by atoms with Gasteiger partial charge in [-0.05, 0) is 49.2 Å². The molecule has 3 saturated heterocycles. The summed E-state index contributed by atoms with van der Waals surface area (Å²) in [4.78, 5) is 15.3. The molecule has 3 heterocycles. The van der Waals surface area contributed by atoms with Crippen molar-refractivity contribution in [2.75, 3.05) is 32.8 Å². The van der Waals surface area contributed by atoms with Crippen molar-refractivity contribution in [3.05, 3.63) is 71.5 Å². The first-order valence-electron chi connectivity index (χ1n) is 11.2. The van der Waals surface area contributed by atoms with Crippen molar-refractivity contribution in [3.63, 3.8) is 0 Å². The minimum atomic E-state index is -0.960. The second kappa shape index (κ2) is 8.01. The molecule has 2 aromatic carbocycles. The molecule has 0 bridgehead atoms. The molecule has 5 rings (SSSR count). The smallest absolute Gasteiger partial charge is 0.227 e. The number of carbonyl (C=O) groups is 1. The Balaban J connectivity index is 1.37. The topological polar surface area (TPSA) is 61.8 Å². The van der Waals surface area contributed by atoms with E-state index in [1.807, 2.05) is 30.3 Å². The Morgan fingerprint density at radius 3 is 2.45 bits per heavy atom. The Bertz CT molecular complexity index is 928. The minimum absolute atomic E-state index is 0.0402. The fraction of sp³-hybridized carbons (Fsp3) is 0.480. The average Bonchev–Trinajstić information content (AvgIpc) is 3.11. The van der Waals surface area contributed by atoms with Crippen LogP contribution in [0.25, 0.3) is 0 Å². The van der Waals surface area contributed by atoms with Gasteiger partial charge < -0.3 is 15.2 Å². The van der Waals surface area contributed by atoms with Gasteiger partial charge in [-0.3, -0.25) is 9.69 Å². The summed E-state index contributed by atoms with van der Waals surface area (Å²) in [6, 6.07) is 16.3. The van der Waals surface area contributed by atoms with Gasteiger partial charge in [-0.15, -0.1) is 0 Å². The maximum atomic E-state index is 13.4. The third-order valence-corrected chi connectivity index (χ3v) is 7.72. The number of carbonyl (C=O) groups excluding carboxylic acids is 1. The lowest BCUT2D eigenvalue weighted by Crippen LogP contribution is -2.59. The lowest BCUT2D eigenvalue weighted by atomic mass is 9.67. The number of piperidine rings is 1. The molecule has 2 aromatic rings. The van der Waals surface area contributed by atoms with Crippen LogP contribution in [0.15, 0.2) is 54.6 Å². The summed E-state index contributed by atoms with van der Waals surface area (Å²) in [5, 5.41) is 14.7. The Labute approximate surface area is 182 Å². The first-order chi connectivity index (χ1) is 15.0. The van der Waals surface area contributed by atoms with E-state index in [1.54, 1.807) is 12.1 Å². The zero-order chi connectivity index (χ0) is 21.5. The Morgan fingerprint density at radius 1 is 1.03 bits per heavy atom. The number of ether oxygens (including phenoxy) is 1. The first-order valence-corrected chi connectivity index (χ1v) is 11.2. The van der Waals surface area contributed by atoms with E-state index < -0.39 is 11.0 Å². The van der Waals surface area contributed by atoms with Gasteiger partial charge in [0.05, 0.1) is 18.1 Å². The Kier molecular flexibility index (Phi) is 5.32. The van der Waals surface area contributed by atoms with Gasteiger partial charge in [-0.1, -0.05) is 42.5 Å². The van der Waals surface area contributed by atoms with E-state index in [0.717, 1.165) is 11.1 Å². The van der Waals surface area contributed by atoms with Gasteiger partial charge in [0.2, 0.25) is 5.91 Å². The van der Waals surface area contributed by atoms with Crippen LogP contribution in [0.3, 0.4) is 0 Å². The van der Waals surface area contributed by atoms with E-state index >= 15 is 0 Å². The number of nitrogens with zero attached hydrogens (tertiary/aromatic N) is 1. The van der Waals surface area contributed by atoms with Crippen molar-refractivity contribution in [2.45, 2.75) is 36.8 Å². The zero-order valence-corrected chi connectivity index (χ0v) is 17.6. The summed E-state index contributed by atoms with van der Waals surface area (Å²) >= 11 is 0. The molecule has 0 saturated carbocycles. The molecule has 0 aliphatic carbocycles. The normalized spacial score (nSPS) is 31.0. The summed E-state index contributed by atoms with van der Waals surface area (Å²) in [5.74, 6) is -0.125. The predicted molar refractivity (Wildman–Crippen MR) is 115 cm³/mol. The van der Waals surface area contributed by atoms with Gasteiger partial charge in [-0.2, -0.15) is 0 Å². The zero-order valence-electron chi connectivity index (χ0n) is 17.6. The van der Waals surface area contributed by atoms with Crippen molar-refractivity contribution in [1.29, 1.82) is 0 Å². The number of rotatable bonds is 3. The number of hydrogen-bond acceptors (Lipinski definition) is 4. The molecule has 164 valence electrons.